The van der Waals surface area contributed by atoms with E-state index in [0.717, 1.165) is 22.3 Å². The number of carbonyl (C=O) groups is 3. The van der Waals surface area contributed by atoms with Crippen LogP contribution < -0.4 is 10.6 Å². The van der Waals surface area contributed by atoms with Crippen molar-refractivity contribution >= 4 is 18.0 Å². The Morgan fingerprint density at radius 3 is 2.29 bits per heavy atom. The third kappa shape index (κ3) is 4.89. The number of hydrogen-bond acceptors (Lipinski definition) is 5. The molecule has 1 fully saturated rings. The molecule has 2 amide bonds. The number of carboxylic acids is 1. The maximum absolute atomic E-state index is 13.2. The number of aliphatic carboxylic acids is 1. The van der Waals surface area contributed by atoms with E-state index in [1.165, 1.54) is 6.92 Å². The second kappa shape index (κ2) is 10.1. The minimum absolute atomic E-state index is 0.00504. The lowest BCUT2D eigenvalue weighted by molar-refractivity contribution is -0.151. The van der Waals surface area contributed by atoms with Gasteiger partial charge in [-0.15, -0.1) is 0 Å². The topological polar surface area (TPSA) is 114 Å². The molecule has 35 heavy (non-hydrogen) atoms. The lowest BCUT2D eigenvalue weighted by Crippen LogP contribution is -2.60. The number of fused-ring (bicyclic) bond motifs is 3. The molecule has 186 valence electrons. The van der Waals surface area contributed by atoms with Crippen molar-refractivity contribution in [1.82, 2.24) is 10.6 Å². The summed E-state index contributed by atoms with van der Waals surface area (Å²) in [6, 6.07) is 16.2. The molecule has 1 saturated heterocycles. The number of carbonyl (C=O) groups excluding carboxylic acids is 2. The van der Waals surface area contributed by atoms with Crippen LogP contribution in [0.25, 0.3) is 11.1 Å². The van der Waals surface area contributed by atoms with Crippen molar-refractivity contribution in [2.24, 2.45) is 5.41 Å². The third-order valence-electron chi connectivity index (χ3n) is 7.29. The number of ether oxygens (including phenoxy) is 2. The van der Waals surface area contributed by atoms with Crippen LogP contribution in [0.2, 0.25) is 0 Å². The van der Waals surface area contributed by atoms with E-state index in [2.05, 4.69) is 22.8 Å². The highest BCUT2D eigenvalue weighted by Crippen LogP contribution is 2.44. The van der Waals surface area contributed by atoms with Crippen LogP contribution in [0.4, 0.5) is 4.79 Å². The van der Waals surface area contributed by atoms with Gasteiger partial charge in [0.25, 0.3) is 0 Å². The quantitative estimate of drug-likeness (QED) is 0.531. The van der Waals surface area contributed by atoms with E-state index in [9.17, 15) is 19.5 Å². The minimum atomic E-state index is -1.40. The van der Waals surface area contributed by atoms with E-state index >= 15 is 0 Å². The Morgan fingerprint density at radius 1 is 1.11 bits per heavy atom. The first-order chi connectivity index (χ1) is 16.8. The van der Waals surface area contributed by atoms with Crippen LogP contribution in [0.1, 0.15) is 50.2 Å². The predicted octanol–water partition coefficient (Wildman–Crippen LogP) is 3.69. The average molecular weight is 481 g/mol. The monoisotopic (exact) mass is 480 g/mol. The molecular weight excluding hydrogens is 448 g/mol. The van der Waals surface area contributed by atoms with E-state index in [-0.39, 0.29) is 32.1 Å². The number of hydrogen-bond donors (Lipinski definition) is 3. The van der Waals surface area contributed by atoms with Gasteiger partial charge in [-0.2, -0.15) is 0 Å². The van der Waals surface area contributed by atoms with Crippen molar-refractivity contribution in [1.29, 1.82) is 0 Å². The van der Waals surface area contributed by atoms with Crippen LogP contribution in [0.5, 0.6) is 0 Å². The molecule has 1 aliphatic heterocycles. The van der Waals surface area contributed by atoms with Gasteiger partial charge in [0.1, 0.15) is 12.1 Å². The fourth-order valence-electron chi connectivity index (χ4n) is 4.82. The summed E-state index contributed by atoms with van der Waals surface area (Å²) in [5.41, 5.74) is 2.06. The number of alkyl carbamates (subject to hydrolysis) is 1. The molecule has 4 rings (SSSR count). The Morgan fingerprint density at radius 2 is 1.74 bits per heavy atom. The summed E-state index contributed by atoms with van der Waals surface area (Å²) in [5.74, 6) is -1.61. The minimum Gasteiger partial charge on any atom is -0.480 e. The molecule has 1 aliphatic carbocycles. The summed E-state index contributed by atoms with van der Waals surface area (Å²) < 4.78 is 11.2. The molecule has 0 radical (unpaired) electrons. The zero-order valence-electron chi connectivity index (χ0n) is 20.1. The highest BCUT2D eigenvalue weighted by Gasteiger charge is 2.45. The van der Waals surface area contributed by atoms with Gasteiger partial charge in [0, 0.05) is 19.1 Å². The first kappa shape index (κ1) is 24.7. The number of nitrogens with one attached hydrogen (secondary N) is 2. The third-order valence-corrected chi connectivity index (χ3v) is 7.29. The van der Waals surface area contributed by atoms with Gasteiger partial charge in [-0.25, -0.2) is 9.59 Å². The summed E-state index contributed by atoms with van der Waals surface area (Å²) in [6.07, 6.45) is 0.712. The Labute approximate surface area is 205 Å². The number of benzene rings is 2. The molecular formula is C27H32N2O6. The van der Waals surface area contributed by atoms with E-state index in [1.54, 1.807) is 6.92 Å². The van der Waals surface area contributed by atoms with E-state index < -0.39 is 28.9 Å². The van der Waals surface area contributed by atoms with Crippen LogP contribution in [0.3, 0.4) is 0 Å². The van der Waals surface area contributed by atoms with Crippen molar-refractivity contribution in [3.8, 4) is 11.1 Å². The molecule has 3 N–H and O–H groups in total. The Kier molecular flexibility index (Phi) is 7.12. The maximum Gasteiger partial charge on any atom is 0.407 e. The van der Waals surface area contributed by atoms with Crippen molar-refractivity contribution in [3.63, 3.8) is 0 Å². The van der Waals surface area contributed by atoms with E-state index in [4.69, 9.17) is 9.47 Å². The van der Waals surface area contributed by atoms with Crippen LogP contribution in [-0.2, 0) is 19.1 Å². The molecule has 0 bridgehead atoms. The smallest absolute Gasteiger partial charge is 0.407 e. The molecule has 2 unspecified atom stereocenters. The van der Waals surface area contributed by atoms with Gasteiger partial charge >= 0.3 is 12.1 Å². The Hall–Kier alpha value is -3.39. The van der Waals surface area contributed by atoms with Gasteiger partial charge in [0.05, 0.1) is 12.0 Å². The highest BCUT2D eigenvalue weighted by atomic mass is 16.5. The normalized spacial score (nSPS) is 20.7. The molecule has 8 heteroatoms. The first-order valence-electron chi connectivity index (χ1n) is 12.0. The van der Waals surface area contributed by atoms with Crippen molar-refractivity contribution in [2.75, 3.05) is 26.4 Å². The molecule has 0 spiro atoms. The van der Waals surface area contributed by atoms with Crippen molar-refractivity contribution in [2.45, 2.75) is 44.6 Å². The van der Waals surface area contributed by atoms with Crippen LogP contribution in [0, 0.1) is 5.41 Å². The number of amides is 2. The summed E-state index contributed by atoms with van der Waals surface area (Å²) in [6.45, 7) is 3.96. The fraction of sp³-hybridized carbons (Fsp3) is 0.444. The van der Waals surface area contributed by atoms with Crippen LogP contribution >= 0.6 is 0 Å². The largest absolute Gasteiger partial charge is 0.480 e. The number of carboxylic acid groups (broad SMARTS) is 1. The van der Waals surface area contributed by atoms with Gasteiger partial charge in [0.15, 0.2) is 0 Å². The molecule has 2 aromatic carbocycles. The SMILES string of the molecule is CCC(C)(NC(=O)C1(CNC(=O)OCC2c3ccccc3-c3ccccc32)CCCOC1)C(=O)O. The zero-order valence-corrected chi connectivity index (χ0v) is 20.1. The van der Waals surface area contributed by atoms with Crippen molar-refractivity contribution < 1.29 is 29.0 Å². The second-order valence-electron chi connectivity index (χ2n) is 9.56. The summed E-state index contributed by atoms with van der Waals surface area (Å²) in [4.78, 5) is 37.6. The van der Waals surface area contributed by atoms with Gasteiger partial charge in [-0.1, -0.05) is 55.5 Å². The highest BCUT2D eigenvalue weighted by molar-refractivity contribution is 5.90. The second-order valence-corrected chi connectivity index (χ2v) is 9.56. The molecule has 2 atom stereocenters. The average Bonchev–Trinajstić information content (AvgIpc) is 3.20. The van der Waals surface area contributed by atoms with Crippen molar-refractivity contribution in [3.05, 3.63) is 59.7 Å². The number of rotatable bonds is 8. The van der Waals surface area contributed by atoms with E-state index in [0.29, 0.717) is 19.4 Å². The lowest BCUT2D eigenvalue weighted by Gasteiger charge is -2.38. The molecule has 0 aromatic heterocycles. The van der Waals surface area contributed by atoms with E-state index in [1.807, 2.05) is 36.4 Å². The standard InChI is InChI=1S/C27H32N2O6/c1-3-26(2,24(31)32)29-23(30)27(13-8-14-34-17-27)16-28-25(33)35-15-22-20-11-6-4-9-18(20)19-10-5-7-12-21(19)22/h4-7,9-12,22H,3,8,13-17H2,1-2H3,(H,28,33)(H,29,30)(H,31,32). The molecule has 8 nitrogen and oxygen atoms in total. The van der Waals surface area contributed by atoms with Gasteiger partial charge in [-0.3, -0.25) is 4.79 Å². The van der Waals surface area contributed by atoms with Gasteiger partial charge in [0.2, 0.25) is 5.91 Å². The summed E-state index contributed by atoms with van der Waals surface area (Å²) >= 11 is 0. The van der Waals surface area contributed by atoms with Crippen LogP contribution in [0.15, 0.2) is 48.5 Å². The summed E-state index contributed by atoms with van der Waals surface area (Å²) in [5, 5.41) is 15.0. The molecule has 2 aliphatic rings. The Bertz CT molecular complexity index is 1060. The Balaban J connectivity index is 1.41. The lowest BCUT2D eigenvalue weighted by atomic mass is 9.80. The predicted molar refractivity (Wildman–Crippen MR) is 130 cm³/mol. The fourth-order valence-corrected chi connectivity index (χ4v) is 4.82. The molecule has 2 aromatic rings. The maximum atomic E-state index is 13.2. The molecule has 0 saturated carbocycles. The van der Waals surface area contributed by atoms with Gasteiger partial charge in [-0.05, 0) is 48.4 Å². The van der Waals surface area contributed by atoms with Crippen LogP contribution in [-0.4, -0.2) is 55.0 Å². The first-order valence-corrected chi connectivity index (χ1v) is 12.0. The van der Waals surface area contributed by atoms with Gasteiger partial charge < -0.3 is 25.2 Å². The molecule has 1 heterocycles. The summed E-state index contributed by atoms with van der Waals surface area (Å²) in [7, 11) is 0. The zero-order chi connectivity index (χ0) is 25.1.